The molecule has 1 aromatic carbocycles. The maximum Gasteiger partial charge on any atom is 0.123 e. The molecule has 0 amide bonds. The van der Waals surface area contributed by atoms with Crippen molar-refractivity contribution in [3.63, 3.8) is 0 Å². The van der Waals surface area contributed by atoms with Gasteiger partial charge in [-0.15, -0.1) is 0 Å². The fourth-order valence-corrected chi connectivity index (χ4v) is 2.64. The van der Waals surface area contributed by atoms with Gasteiger partial charge in [0, 0.05) is 12.6 Å². The summed E-state index contributed by atoms with van der Waals surface area (Å²) in [5.41, 5.74) is 1.38. The summed E-state index contributed by atoms with van der Waals surface area (Å²) in [6.07, 6.45) is 2.26. The third-order valence-electron chi connectivity index (χ3n) is 3.87. The molecule has 1 heterocycles. The Morgan fingerprint density at radius 1 is 1.37 bits per heavy atom. The van der Waals surface area contributed by atoms with E-state index < -0.39 is 0 Å². The zero-order chi connectivity index (χ0) is 13.8. The summed E-state index contributed by atoms with van der Waals surface area (Å²) < 4.78 is 13.3. The lowest BCUT2D eigenvalue weighted by molar-refractivity contribution is 0.140. The zero-order valence-electron chi connectivity index (χ0n) is 11.6. The van der Waals surface area contributed by atoms with Gasteiger partial charge in [-0.25, -0.2) is 4.39 Å². The molecule has 4 heteroatoms. The van der Waals surface area contributed by atoms with E-state index in [0.29, 0.717) is 18.2 Å². The minimum atomic E-state index is -0.267. The number of halogens is 1. The molecule has 1 aliphatic heterocycles. The van der Waals surface area contributed by atoms with Gasteiger partial charge in [0.15, 0.2) is 0 Å². The molecule has 1 aromatic rings. The molecule has 0 atom stereocenters. The highest BCUT2D eigenvalue weighted by atomic mass is 19.1. The maximum absolute atomic E-state index is 13.3. The first-order chi connectivity index (χ1) is 9.10. The maximum atomic E-state index is 13.3. The Kier molecular flexibility index (Phi) is 4.52. The van der Waals surface area contributed by atoms with Gasteiger partial charge in [0.25, 0.3) is 0 Å². The monoisotopic (exact) mass is 261 g/mol. The van der Waals surface area contributed by atoms with E-state index in [1.807, 2.05) is 0 Å². The first-order valence-electron chi connectivity index (χ1n) is 6.67. The van der Waals surface area contributed by atoms with Crippen molar-refractivity contribution in [3.8, 4) is 6.07 Å². The second-order valence-electron chi connectivity index (χ2n) is 5.38. The molecule has 1 saturated heterocycles. The van der Waals surface area contributed by atoms with Gasteiger partial charge in [0.2, 0.25) is 0 Å². The average Bonchev–Trinajstić information content (AvgIpc) is 2.39. The van der Waals surface area contributed by atoms with Crippen molar-refractivity contribution >= 4 is 0 Å². The highest BCUT2D eigenvalue weighted by Gasteiger charge is 2.21. The van der Waals surface area contributed by atoms with Gasteiger partial charge in [-0.3, -0.25) is 4.90 Å². The Morgan fingerprint density at radius 2 is 2.05 bits per heavy atom. The van der Waals surface area contributed by atoms with Crippen LogP contribution in [0.2, 0.25) is 0 Å². The quantitative estimate of drug-likeness (QED) is 0.836. The summed E-state index contributed by atoms with van der Waals surface area (Å²) >= 11 is 0. The van der Waals surface area contributed by atoms with Crippen LogP contribution in [-0.4, -0.2) is 43.0 Å². The van der Waals surface area contributed by atoms with Gasteiger partial charge in [0.05, 0.1) is 11.6 Å². The van der Waals surface area contributed by atoms with Crippen LogP contribution in [0.4, 0.5) is 4.39 Å². The molecule has 0 aromatic heterocycles. The number of hydrogen-bond acceptors (Lipinski definition) is 3. The highest BCUT2D eigenvalue weighted by molar-refractivity contribution is 5.37. The van der Waals surface area contributed by atoms with Crippen LogP contribution in [0.15, 0.2) is 18.2 Å². The summed E-state index contributed by atoms with van der Waals surface area (Å²) in [5, 5.41) is 9.06. The Morgan fingerprint density at radius 3 is 2.63 bits per heavy atom. The minimum absolute atomic E-state index is 0.267. The Hall–Kier alpha value is -1.44. The van der Waals surface area contributed by atoms with Crippen LogP contribution in [0, 0.1) is 17.1 Å². The van der Waals surface area contributed by atoms with E-state index in [1.54, 1.807) is 6.07 Å². The summed E-state index contributed by atoms with van der Waals surface area (Å²) in [7, 11) is 4.22. The molecular weight excluding hydrogens is 241 g/mol. The van der Waals surface area contributed by atoms with Crippen LogP contribution >= 0.6 is 0 Å². The van der Waals surface area contributed by atoms with Gasteiger partial charge in [0.1, 0.15) is 5.82 Å². The zero-order valence-corrected chi connectivity index (χ0v) is 11.6. The largest absolute Gasteiger partial charge is 0.306 e. The lowest BCUT2D eigenvalue weighted by Gasteiger charge is -2.35. The molecular formula is C15H20FN3. The van der Waals surface area contributed by atoms with Crippen molar-refractivity contribution in [2.75, 3.05) is 27.2 Å². The molecule has 1 aliphatic rings. The molecule has 1 fully saturated rings. The standard InChI is InChI=1S/C15H20FN3/c1-18(2)15-5-7-19(8-6-15)11-13-9-14(16)4-3-12(13)10-17/h3-4,9,15H,5-8,11H2,1-2H3. The normalized spacial score (nSPS) is 17.6. The third-order valence-corrected chi connectivity index (χ3v) is 3.87. The van der Waals surface area contributed by atoms with Gasteiger partial charge in [-0.05, 0) is 63.8 Å². The molecule has 0 N–H and O–H groups in total. The van der Waals surface area contributed by atoms with E-state index in [4.69, 9.17) is 5.26 Å². The van der Waals surface area contributed by atoms with Crippen LogP contribution in [-0.2, 0) is 6.54 Å². The SMILES string of the molecule is CN(C)C1CCN(Cc2cc(F)ccc2C#N)CC1. The number of likely N-dealkylation sites (tertiary alicyclic amines) is 1. The van der Waals surface area contributed by atoms with Gasteiger partial charge in [-0.1, -0.05) is 0 Å². The van der Waals surface area contributed by atoms with Crippen molar-refractivity contribution < 1.29 is 4.39 Å². The Balaban J connectivity index is 2.00. The molecule has 102 valence electrons. The molecule has 0 spiro atoms. The fraction of sp³-hybridized carbons (Fsp3) is 0.533. The third kappa shape index (κ3) is 3.52. The number of benzene rings is 1. The van der Waals surface area contributed by atoms with Gasteiger partial charge in [-0.2, -0.15) is 5.26 Å². The lowest BCUT2D eigenvalue weighted by Crippen LogP contribution is -2.41. The van der Waals surface area contributed by atoms with E-state index in [0.717, 1.165) is 31.5 Å². The molecule has 0 bridgehead atoms. The average molecular weight is 261 g/mol. The molecule has 19 heavy (non-hydrogen) atoms. The summed E-state index contributed by atoms with van der Waals surface area (Å²) in [6, 6.07) is 7.17. The molecule has 0 saturated carbocycles. The minimum Gasteiger partial charge on any atom is -0.306 e. The van der Waals surface area contributed by atoms with Gasteiger partial charge < -0.3 is 4.90 Å². The van der Waals surface area contributed by atoms with Crippen molar-refractivity contribution in [2.45, 2.75) is 25.4 Å². The fourth-order valence-electron chi connectivity index (χ4n) is 2.64. The number of nitrogens with zero attached hydrogens (tertiary/aromatic N) is 3. The van der Waals surface area contributed by atoms with Crippen LogP contribution in [0.5, 0.6) is 0 Å². The van der Waals surface area contributed by atoms with Crippen molar-refractivity contribution in [2.24, 2.45) is 0 Å². The van der Waals surface area contributed by atoms with E-state index in [-0.39, 0.29) is 5.82 Å². The number of rotatable bonds is 3. The second-order valence-corrected chi connectivity index (χ2v) is 5.38. The van der Waals surface area contributed by atoms with Crippen LogP contribution in [0.25, 0.3) is 0 Å². The van der Waals surface area contributed by atoms with Crippen molar-refractivity contribution in [3.05, 3.63) is 35.1 Å². The first-order valence-corrected chi connectivity index (χ1v) is 6.67. The van der Waals surface area contributed by atoms with Gasteiger partial charge >= 0.3 is 0 Å². The summed E-state index contributed by atoms with van der Waals surface area (Å²) in [6.45, 7) is 2.68. The Labute approximate surface area is 114 Å². The van der Waals surface area contributed by atoms with Crippen LogP contribution in [0.3, 0.4) is 0 Å². The lowest BCUT2D eigenvalue weighted by atomic mass is 10.0. The smallest absolute Gasteiger partial charge is 0.123 e. The predicted octanol–water partition coefficient (Wildman–Crippen LogP) is 2.22. The van der Waals surface area contributed by atoms with E-state index in [2.05, 4.69) is 30.0 Å². The molecule has 0 radical (unpaired) electrons. The topological polar surface area (TPSA) is 30.3 Å². The summed E-state index contributed by atoms with van der Waals surface area (Å²) in [4.78, 5) is 4.57. The Bertz CT molecular complexity index is 471. The van der Waals surface area contributed by atoms with Crippen LogP contribution < -0.4 is 0 Å². The number of hydrogen-bond donors (Lipinski definition) is 0. The predicted molar refractivity (Wildman–Crippen MR) is 73.1 cm³/mol. The van der Waals surface area contributed by atoms with E-state index >= 15 is 0 Å². The second kappa shape index (κ2) is 6.14. The number of nitriles is 1. The highest BCUT2D eigenvalue weighted by Crippen LogP contribution is 2.19. The van der Waals surface area contributed by atoms with E-state index in [1.165, 1.54) is 12.1 Å². The first kappa shape index (κ1) is 14.0. The summed E-state index contributed by atoms with van der Waals surface area (Å²) in [5.74, 6) is -0.267. The van der Waals surface area contributed by atoms with Crippen molar-refractivity contribution in [1.82, 2.24) is 9.80 Å². The van der Waals surface area contributed by atoms with E-state index in [9.17, 15) is 4.39 Å². The molecule has 2 rings (SSSR count). The molecule has 3 nitrogen and oxygen atoms in total. The number of piperidine rings is 1. The van der Waals surface area contributed by atoms with Crippen LogP contribution in [0.1, 0.15) is 24.0 Å². The molecule has 0 aliphatic carbocycles. The molecule has 0 unspecified atom stereocenters. The van der Waals surface area contributed by atoms with Crippen molar-refractivity contribution in [1.29, 1.82) is 5.26 Å².